The Bertz CT molecular complexity index is 901. The fourth-order valence-corrected chi connectivity index (χ4v) is 3.83. The van der Waals surface area contributed by atoms with Crippen molar-refractivity contribution in [3.05, 3.63) is 66.9 Å². The van der Waals surface area contributed by atoms with Gasteiger partial charge in [0, 0.05) is 17.8 Å². The molecule has 0 radical (unpaired) electrons. The highest BCUT2D eigenvalue weighted by Crippen LogP contribution is 2.36. The minimum Gasteiger partial charge on any atom is -0.454 e. The van der Waals surface area contributed by atoms with Crippen molar-refractivity contribution in [2.24, 2.45) is 0 Å². The Balaban J connectivity index is 1.60. The number of nitrogens with zero attached hydrogens (tertiary/aromatic N) is 2. The highest BCUT2D eigenvalue weighted by Gasteiger charge is 2.30. The zero-order valence-electron chi connectivity index (χ0n) is 15.9. The zero-order chi connectivity index (χ0) is 19.5. The summed E-state index contributed by atoms with van der Waals surface area (Å²) in [5.41, 5.74) is 1.75. The largest absolute Gasteiger partial charge is 0.454 e. The van der Waals surface area contributed by atoms with Gasteiger partial charge in [0.2, 0.25) is 6.79 Å². The summed E-state index contributed by atoms with van der Waals surface area (Å²) >= 11 is 0. The van der Waals surface area contributed by atoms with E-state index in [9.17, 15) is 4.79 Å². The van der Waals surface area contributed by atoms with Gasteiger partial charge >= 0.3 is 0 Å². The van der Waals surface area contributed by atoms with E-state index < -0.39 is 0 Å². The van der Waals surface area contributed by atoms with E-state index in [1.807, 2.05) is 36.4 Å². The first kappa shape index (κ1) is 18.3. The molecule has 0 atom stereocenters. The lowest BCUT2D eigenvalue weighted by molar-refractivity contribution is -0.115. The summed E-state index contributed by atoms with van der Waals surface area (Å²) in [4.78, 5) is 19.7. The van der Waals surface area contributed by atoms with E-state index in [-0.39, 0.29) is 18.7 Å². The molecule has 0 spiro atoms. The maximum atomic E-state index is 13.5. The van der Waals surface area contributed by atoms with Gasteiger partial charge < -0.3 is 9.47 Å². The maximum Gasteiger partial charge on any atom is 0.259 e. The van der Waals surface area contributed by atoms with Crippen LogP contribution in [0.2, 0.25) is 0 Å². The number of pyridine rings is 1. The van der Waals surface area contributed by atoms with Crippen LogP contribution in [-0.4, -0.2) is 23.7 Å². The van der Waals surface area contributed by atoms with E-state index in [2.05, 4.69) is 18.1 Å². The summed E-state index contributed by atoms with van der Waals surface area (Å²) in [5, 5.41) is 0. The lowest BCUT2D eigenvalue weighted by Gasteiger charge is -2.34. The van der Waals surface area contributed by atoms with Gasteiger partial charge in [0.1, 0.15) is 5.82 Å². The second-order valence-electron chi connectivity index (χ2n) is 7.18. The summed E-state index contributed by atoms with van der Waals surface area (Å²) in [5.74, 6) is 1.88. The van der Waals surface area contributed by atoms with Crippen molar-refractivity contribution in [3.8, 4) is 11.5 Å². The van der Waals surface area contributed by atoms with Crippen LogP contribution < -0.4 is 14.4 Å². The SMILES string of the molecule is C=C(C(=C)c1ccc2c(c1)OCO2)C(=O)N(c1ccccn1)C1CCCCC1. The first-order chi connectivity index (χ1) is 13.6. The predicted molar refractivity (Wildman–Crippen MR) is 109 cm³/mol. The van der Waals surface area contributed by atoms with E-state index >= 15 is 0 Å². The molecule has 1 aliphatic carbocycles. The van der Waals surface area contributed by atoms with E-state index in [4.69, 9.17) is 9.47 Å². The standard InChI is InChI=1S/C23H24N2O3/c1-16(18-11-12-20-21(14-18)28-15-27-20)17(2)23(26)25(19-8-4-3-5-9-19)22-10-6-7-13-24-22/h6-7,10-14,19H,1-5,8-9,15H2. The second-order valence-corrected chi connectivity index (χ2v) is 7.18. The van der Waals surface area contributed by atoms with Crippen LogP contribution in [0.15, 0.2) is 61.3 Å². The van der Waals surface area contributed by atoms with Crippen LogP contribution in [0.5, 0.6) is 11.5 Å². The molecule has 4 rings (SSSR count). The number of carbonyl (C=O) groups excluding carboxylic acids is 1. The third-order valence-electron chi connectivity index (χ3n) is 5.40. The highest BCUT2D eigenvalue weighted by molar-refractivity contribution is 6.15. The molecule has 1 fully saturated rings. The second kappa shape index (κ2) is 7.89. The van der Waals surface area contributed by atoms with Gasteiger partial charge in [-0.3, -0.25) is 9.69 Å². The minimum atomic E-state index is -0.145. The molecule has 5 nitrogen and oxygen atoms in total. The summed E-state index contributed by atoms with van der Waals surface area (Å²) in [6.07, 6.45) is 7.13. The van der Waals surface area contributed by atoms with Gasteiger partial charge in [-0.15, -0.1) is 0 Å². The van der Waals surface area contributed by atoms with Crippen LogP contribution in [0, 0.1) is 0 Å². The van der Waals surface area contributed by atoms with Gasteiger partial charge in [-0.25, -0.2) is 4.98 Å². The van der Waals surface area contributed by atoms with E-state index in [1.54, 1.807) is 11.1 Å². The van der Waals surface area contributed by atoms with E-state index in [0.717, 1.165) is 31.2 Å². The molecule has 28 heavy (non-hydrogen) atoms. The summed E-state index contributed by atoms with van der Waals surface area (Å²) < 4.78 is 10.8. The number of fused-ring (bicyclic) bond motifs is 1. The molecule has 1 amide bonds. The maximum absolute atomic E-state index is 13.5. The van der Waals surface area contributed by atoms with Gasteiger partial charge in [0.05, 0.1) is 0 Å². The Hall–Kier alpha value is -3.08. The Morgan fingerprint density at radius 2 is 1.82 bits per heavy atom. The zero-order valence-corrected chi connectivity index (χ0v) is 15.9. The minimum absolute atomic E-state index is 0.137. The topological polar surface area (TPSA) is 51.7 Å². The molecule has 144 valence electrons. The molecule has 5 heteroatoms. The van der Waals surface area contributed by atoms with Crippen molar-refractivity contribution in [3.63, 3.8) is 0 Å². The third kappa shape index (κ3) is 3.52. The number of amides is 1. The Labute approximate surface area is 165 Å². The number of benzene rings is 1. The van der Waals surface area contributed by atoms with E-state index in [1.165, 1.54) is 6.42 Å². The predicted octanol–water partition coefficient (Wildman–Crippen LogP) is 4.75. The van der Waals surface area contributed by atoms with Crippen molar-refractivity contribution < 1.29 is 14.3 Å². The van der Waals surface area contributed by atoms with Crippen molar-refractivity contribution in [2.45, 2.75) is 38.1 Å². The molecule has 0 N–H and O–H groups in total. The molecule has 0 unspecified atom stereocenters. The Kier molecular flexibility index (Phi) is 5.15. The molecule has 1 saturated carbocycles. The van der Waals surface area contributed by atoms with Crippen molar-refractivity contribution in [2.75, 3.05) is 11.7 Å². The highest BCUT2D eigenvalue weighted by atomic mass is 16.7. The van der Waals surface area contributed by atoms with Crippen LogP contribution in [0.3, 0.4) is 0 Å². The molecule has 2 heterocycles. The van der Waals surface area contributed by atoms with Gasteiger partial charge in [0.25, 0.3) is 5.91 Å². The number of rotatable bonds is 5. The summed E-state index contributed by atoms with van der Waals surface area (Å²) in [6, 6.07) is 11.3. The van der Waals surface area contributed by atoms with Gasteiger partial charge in [-0.05, 0) is 48.2 Å². The normalized spacial score (nSPS) is 15.9. The van der Waals surface area contributed by atoms with Crippen LogP contribution in [-0.2, 0) is 4.79 Å². The van der Waals surface area contributed by atoms with Crippen LogP contribution in [0.4, 0.5) is 5.82 Å². The third-order valence-corrected chi connectivity index (χ3v) is 5.40. The van der Waals surface area contributed by atoms with Crippen molar-refractivity contribution >= 4 is 17.3 Å². The number of ether oxygens (including phenoxy) is 2. The summed E-state index contributed by atoms with van der Waals surface area (Å²) in [6.45, 7) is 8.41. The van der Waals surface area contributed by atoms with Crippen molar-refractivity contribution in [1.82, 2.24) is 4.98 Å². The van der Waals surface area contributed by atoms with Crippen molar-refractivity contribution in [1.29, 1.82) is 0 Å². The Morgan fingerprint density at radius 1 is 1.04 bits per heavy atom. The van der Waals surface area contributed by atoms with Gasteiger partial charge in [0.15, 0.2) is 11.5 Å². The molecule has 1 aliphatic heterocycles. The molecular weight excluding hydrogens is 352 g/mol. The lowest BCUT2D eigenvalue weighted by Crippen LogP contribution is -2.43. The smallest absolute Gasteiger partial charge is 0.259 e. The van der Waals surface area contributed by atoms with Gasteiger partial charge in [-0.2, -0.15) is 0 Å². The lowest BCUT2D eigenvalue weighted by atomic mass is 9.92. The Morgan fingerprint density at radius 3 is 2.57 bits per heavy atom. The number of hydrogen-bond donors (Lipinski definition) is 0. The number of hydrogen-bond acceptors (Lipinski definition) is 4. The summed E-state index contributed by atoms with van der Waals surface area (Å²) in [7, 11) is 0. The quantitative estimate of drug-likeness (QED) is 0.558. The number of anilines is 1. The average molecular weight is 376 g/mol. The first-order valence-electron chi connectivity index (χ1n) is 9.68. The van der Waals surface area contributed by atoms with Crippen LogP contribution in [0.25, 0.3) is 5.57 Å². The number of aromatic nitrogens is 1. The molecule has 2 aliphatic rings. The fraction of sp³-hybridized carbons (Fsp3) is 0.304. The van der Waals surface area contributed by atoms with Gasteiger partial charge in [-0.1, -0.05) is 44.6 Å². The van der Waals surface area contributed by atoms with Crippen LogP contribution >= 0.6 is 0 Å². The molecular formula is C23H24N2O3. The molecule has 1 aromatic heterocycles. The fourth-order valence-electron chi connectivity index (χ4n) is 3.83. The average Bonchev–Trinajstić information content (AvgIpc) is 3.22. The molecule has 2 aromatic rings. The van der Waals surface area contributed by atoms with E-state index in [0.29, 0.717) is 28.5 Å². The molecule has 1 aromatic carbocycles. The molecule has 0 bridgehead atoms. The van der Waals surface area contributed by atoms with Crippen LogP contribution in [0.1, 0.15) is 37.7 Å². The number of carbonyl (C=O) groups is 1. The monoisotopic (exact) mass is 376 g/mol. The molecule has 0 saturated heterocycles. The first-order valence-corrected chi connectivity index (χ1v) is 9.68.